The molecule has 0 bridgehead atoms. The minimum absolute atomic E-state index is 0. The van der Waals surface area contributed by atoms with Gasteiger partial charge < -0.3 is 10.2 Å². The van der Waals surface area contributed by atoms with Crippen LogP contribution in [-0.4, -0.2) is 12.4 Å². The standard InChI is InChI=1S/2C21H15NO.Ni/c2*23-21-12-10-16-6-3-4-8-19(16)20(21)14-22-18-11-9-15-5-1-2-7-17(15)13-18;/h2*1-14,23H;/q;;+2/p-2. The molecule has 0 N–H and O–H groups in total. The fourth-order valence-corrected chi connectivity index (χ4v) is 5.61. The van der Waals surface area contributed by atoms with E-state index in [1.807, 2.05) is 121 Å². The van der Waals surface area contributed by atoms with Crippen molar-refractivity contribution in [3.05, 3.63) is 169 Å². The first-order valence-corrected chi connectivity index (χ1v) is 15.1. The second kappa shape index (κ2) is 14.1. The van der Waals surface area contributed by atoms with E-state index >= 15 is 0 Å². The molecule has 0 aliphatic carbocycles. The summed E-state index contributed by atoms with van der Waals surface area (Å²) in [6, 6.07) is 51.0. The van der Waals surface area contributed by atoms with Crippen molar-refractivity contribution in [3.8, 4) is 11.5 Å². The topological polar surface area (TPSA) is 70.8 Å². The van der Waals surface area contributed by atoms with E-state index in [9.17, 15) is 10.2 Å². The van der Waals surface area contributed by atoms with Crippen molar-refractivity contribution in [2.24, 2.45) is 9.98 Å². The zero-order valence-electron chi connectivity index (χ0n) is 25.2. The number of fused-ring (bicyclic) bond motifs is 4. The molecule has 0 saturated heterocycles. The molecular formula is C42H28N2NiO2. The Balaban J connectivity index is 0.000000161. The Labute approximate surface area is 282 Å². The molecular weight excluding hydrogens is 623 g/mol. The molecule has 5 heteroatoms. The third-order valence-corrected chi connectivity index (χ3v) is 8.01. The Hall–Kier alpha value is -5.77. The number of nitrogens with zero attached hydrogens (tertiary/aromatic N) is 2. The van der Waals surface area contributed by atoms with Crippen molar-refractivity contribution in [1.29, 1.82) is 0 Å². The summed E-state index contributed by atoms with van der Waals surface area (Å²) in [6.07, 6.45) is 3.35. The van der Waals surface area contributed by atoms with Gasteiger partial charge >= 0.3 is 16.5 Å². The summed E-state index contributed by atoms with van der Waals surface area (Å²) in [7, 11) is 0. The van der Waals surface area contributed by atoms with Gasteiger partial charge in [0, 0.05) is 12.4 Å². The predicted molar refractivity (Wildman–Crippen MR) is 189 cm³/mol. The number of benzene rings is 8. The van der Waals surface area contributed by atoms with Crippen molar-refractivity contribution in [2.45, 2.75) is 0 Å². The van der Waals surface area contributed by atoms with Crippen LogP contribution >= 0.6 is 0 Å². The average molecular weight is 651 g/mol. The molecule has 4 nitrogen and oxygen atoms in total. The van der Waals surface area contributed by atoms with E-state index < -0.39 is 0 Å². The molecule has 0 saturated carbocycles. The van der Waals surface area contributed by atoms with Gasteiger partial charge in [0.05, 0.1) is 11.4 Å². The van der Waals surface area contributed by atoms with Gasteiger partial charge in [-0.3, -0.25) is 9.98 Å². The first kappa shape index (κ1) is 31.2. The minimum atomic E-state index is -0.00626. The van der Waals surface area contributed by atoms with E-state index in [4.69, 9.17) is 0 Å². The van der Waals surface area contributed by atoms with Crippen LogP contribution in [0.4, 0.5) is 11.4 Å². The zero-order valence-corrected chi connectivity index (χ0v) is 26.2. The molecule has 228 valence electrons. The summed E-state index contributed by atoms with van der Waals surface area (Å²) in [5, 5.41) is 33.0. The van der Waals surface area contributed by atoms with Crippen LogP contribution in [0.1, 0.15) is 11.1 Å². The van der Waals surface area contributed by atoms with Gasteiger partial charge in [0.2, 0.25) is 0 Å². The third kappa shape index (κ3) is 6.91. The first-order valence-electron chi connectivity index (χ1n) is 15.1. The summed E-state index contributed by atoms with van der Waals surface area (Å²) < 4.78 is 0. The Morgan fingerprint density at radius 3 is 1.13 bits per heavy atom. The number of hydrogen-bond acceptors (Lipinski definition) is 4. The van der Waals surface area contributed by atoms with Crippen molar-refractivity contribution in [1.82, 2.24) is 0 Å². The first-order chi connectivity index (χ1) is 22.6. The van der Waals surface area contributed by atoms with Gasteiger partial charge in [0.25, 0.3) is 0 Å². The van der Waals surface area contributed by atoms with Crippen LogP contribution in [0.2, 0.25) is 0 Å². The molecule has 8 rings (SSSR count). The van der Waals surface area contributed by atoms with Crippen LogP contribution in [0.5, 0.6) is 11.5 Å². The molecule has 0 amide bonds. The van der Waals surface area contributed by atoms with E-state index in [1.165, 1.54) is 10.8 Å². The molecule has 0 fully saturated rings. The molecule has 0 heterocycles. The zero-order chi connectivity index (χ0) is 31.3. The van der Waals surface area contributed by atoms with E-state index in [0.29, 0.717) is 11.1 Å². The van der Waals surface area contributed by atoms with E-state index in [2.05, 4.69) is 34.3 Å². The quantitative estimate of drug-likeness (QED) is 0.141. The van der Waals surface area contributed by atoms with Gasteiger partial charge in [-0.2, -0.15) is 0 Å². The average Bonchev–Trinajstić information content (AvgIpc) is 3.11. The fraction of sp³-hybridized carbons (Fsp3) is 0. The maximum absolute atomic E-state index is 12.2. The van der Waals surface area contributed by atoms with Crippen molar-refractivity contribution >= 4 is 66.9 Å². The predicted octanol–water partition coefficient (Wildman–Crippen LogP) is 9.63. The molecule has 0 aliphatic heterocycles. The number of hydrogen-bond donors (Lipinski definition) is 0. The normalized spacial score (nSPS) is 11.2. The Morgan fingerprint density at radius 2 is 0.702 bits per heavy atom. The van der Waals surface area contributed by atoms with Crippen LogP contribution in [0.3, 0.4) is 0 Å². The van der Waals surface area contributed by atoms with Crippen molar-refractivity contribution in [3.63, 3.8) is 0 Å². The maximum atomic E-state index is 12.2. The molecule has 0 radical (unpaired) electrons. The van der Waals surface area contributed by atoms with Crippen LogP contribution in [0, 0.1) is 0 Å². The summed E-state index contributed by atoms with van der Waals surface area (Å²) >= 11 is 0. The van der Waals surface area contributed by atoms with Gasteiger partial charge in [-0.25, -0.2) is 0 Å². The van der Waals surface area contributed by atoms with E-state index in [0.717, 1.165) is 43.7 Å². The largest absolute Gasteiger partial charge is 2.00 e. The summed E-state index contributed by atoms with van der Waals surface area (Å²) in [6.45, 7) is 0. The Kier molecular flexibility index (Phi) is 9.38. The third-order valence-electron chi connectivity index (χ3n) is 8.01. The Bertz CT molecular complexity index is 2250. The fourth-order valence-electron chi connectivity index (χ4n) is 5.61. The smallest absolute Gasteiger partial charge is 0.872 e. The minimum Gasteiger partial charge on any atom is -0.872 e. The molecule has 0 spiro atoms. The molecule has 8 aromatic carbocycles. The SMILES string of the molecule is [Ni+2].[O-]c1ccc2ccccc2c1C=Nc1ccc2ccccc2c1.[O-]c1ccc2ccccc2c1C=Nc1ccc2ccccc2c1. The van der Waals surface area contributed by atoms with Crippen molar-refractivity contribution in [2.75, 3.05) is 0 Å². The molecule has 8 aromatic rings. The number of aliphatic imine (C=N–C) groups is 2. The Morgan fingerprint density at radius 1 is 0.362 bits per heavy atom. The van der Waals surface area contributed by atoms with Crippen LogP contribution < -0.4 is 10.2 Å². The monoisotopic (exact) mass is 650 g/mol. The van der Waals surface area contributed by atoms with Crippen LogP contribution in [-0.2, 0) is 16.5 Å². The van der Waals surface area contributed by atoms with Gasteiger partial charge in [0.15, 0.2) is 0 Å². The summed E-state index contributed by atoms with van der Waals surface area (Å²) in [5.74, 6) is -0.0125. The summed E-state index contributed by atoms with van der Waals surface area (Å²) in [4.78, 5) is 9.03. The molecule has 47 heavy (non-hydrogen) atoms. The van der Waals surface area contributed by atoms with Crippen molar-refractivity contribution < 1.29 is 26.7 Å². The second-order valence-electron chi connectivity index (χ2n) is 11.0. The molecule has 0 atom stereocenters. The maximum Gasteiger partial charge on any atom is 2.00 e. The van der Waals surface area contributed by atoms with Crippen LogP contribution in [0.15, 0.2) is 168 Å². The van der Waals surface area contributed by atoms with Gasteiger partial charge in [-0.05, 0) is 78.5 Å². The van der Waals surface area contributed by atoms with Gasteiger partial charge in [-0.1, -0.05) is 145 Å². The van der Waals surface area contributed by atoms with E-state index in [1.54, 1.807) is 24.6 Å². The van der Waals surface area contributed by atoms with Gasteiger partial charge in [0.1, 0.15) is 0 Å². The van der Waals surface area contributed by atoms with Gasteiger partial charge in [-0.15, -0.1) is 0 Å². The molecule has 0 unspecified atom stereocenters. The second-order valence-corrected chi connectivity index (χ2v) is 11.0. The molecule has 0 aliphatic rings. The van der Waals surface area contributed by atoms with Crippen LogP contribution in [0.25, 0.3) is 43.1 Å². The summed E-state index contributed by atoms with van der Waals surface area (Å²) in [5.41, 5.74) is 2.96. The number of rotatable bonds is 4. The molecule has 0 aromatic heterocycles. The van der Waals surface area contributed by atoms with E-state index in [-0.39, 0.29) is 28.0 Å².